The number of carbonyl (C=O) groups is 2. The summed E-state index contributed by atoms with van der Waals surface area (Å²) in [6.45, 7) is 1.74. The molecule has 0 unspecified atom stereocenters. The van der Waals surface area contributed by atoms with E-state index >= 15 is 0 Å². The molecular weight excluding hydrogens is 355 g/mol. The van der Waals surface area contributed by atoms with Crippen LogP contribution in [0.4, 0.5) is 4.39 Å². The molecule has 0 radical (unpaired) electrons. The first-order valence-electron chi connectivity index (χ1n) is 9.95. The molecule has 146 valence electrons. The maximum Gasteiger partial charge on any atom is 0.233 e. The van der Waals surface area contributed by atoms with Crippen molar-refractivity contribution in [2.24, 2.45) is 5.92 Å². The highest BCUT2D eigenvalue weighted by atomic mass is 19.1. The van der Waals surface area contributed by atoms with Crippen LogP contribution < -0.4 is 5.32 Å². The molecule has 2 fully saturated rings. The molecule has 1 aliphatic carbocycles. The van der Waals surface area contributed by atoms with E-state index in [0.717, 1.165) is 24.0 Å². The summed E-state index contributed by atoms with van der Waals surface area (Å²) in [5, 5.41) is 3.01. The number of nitrogens with one attached hydrogen (secondary N) is 1. The normalized spacial score (nSPS) is 18.5. The molecule has 0 atom stereocenters. The van der Waals surface area contributed by atoms with Crippen LogP contribution in [0.1, 0.15) is 36.8 Å². The molecule has 1 heterocycles. The van der Waals surface area contributed by atoms with Crippen molar-refractivity contribution in [2.75, 3.05) is 13.1 Å². The molecule has 0 bridgehead atoms. The zero-order valence-corrected chi connectivity index (χ0v) is 15.9. The second kappa shape index (κ2) is 7.74. The fraction of sp³-hybridized carbons (Fsp3) is 0.391. The van der Waals surface area contributed by atoms with E-state index in [4.69, 9.17) is 0 Å². The average Bonchev–Trinajstić information content (AvgIpc) is 3.55. The molecule has 1 aliphatic heterocycles. The predicted octanol–water partition coefficient (Wildman–Crippen LogP) is 3.41. The molecular formula is C23H25FN2O2. The summed E-state index contributed by atoms with van der Waals surface area (Å²) >= 11 is 0. The number of piperidine rings is 1. The number of hydrogen-bond acceptors (Lipinski definition) is 2. The SMILES string of the molecule is O=C(NCc1ccccc1)C1CCN(C(=O)C2(c3ccc(F)cc3)CC2)CC1. The lowest BCUT2D eigenvalue weighted by Gasteiger charge is -2.34. The van der Waals surface area contributed by atoms with Gasteiger partial charge >= 0.3 is 0 Å². The fourth-order valence-electron chi connectivity index (χ4n) is 4.10. The number of nitrogens with zero attached hydrogens (tertiary/aromatic N) is 1. The van der Waals surface area contributed by atoms with Gasteiger partial charge in [-0.05, 0) is 48.9 Å². The van der Waals surface area contributed by atoms with Crippen molar-refractivity contribution in [3.05, 3.63) is 71.5 Å². The van der Waals surface area contributed by atoms with Gasteiger partial charge in [0, 0.05) is 25.6 Å². The van der Waals surface area contributed by atoms with Crippen LogP contribution in [0, 0.1) is 11.7 Å². The minimum atomic E-state index is -0.476. The minimum absolute atomic E-state index is 0.0475. The summed E-state index contributed by atoms with van der Waals surface area (Å²) in [5.41, 5.74) is 1.51. The number of amides is 2. The van der Waals surface area contributed by atoms with Gasteiger partial charge in [-0.3, -0.25) is 9.59 Å². The van der Waals surface area contributed by atoms with Gasteiger partial charge in [0.05, 0.1) is 5.41 Å². The smallest absolute Gasteiger partial charge is 0.233 e. The third-order valence-corrected chi connectivity index (χ3v) is 6.02. The van der Waals surface area contributed by atoms with E-state index in [2.05, 4.69) is 5.32 Å². The Balaban J connectivity index is 1.31. The number of carbonyl (C=O) groups excluding carboxylic acids is 2. The number of likely N-dealkylation sites (tertiary alicyclic amines) is 1. The minimum Gasteiger partial charge on any atom is -0.352 e. The standard InChI is InChI=1S/C23H25FN2O2/c24-20-8-6-19(7-9-20)23(12-13-23)22(28)26-14-10-18(11-15-26)21(27)25-16-17-4-2-1-3-5-17/h1-9,18H,10-16H2,(H,25,27). The van der Waals surface area contributed by atoms with Crippen LogP contribution in [0.3, 0.4) is 0 Å². The molecule has 2 amide bonds. The van der Waals surface area contributed by atoms with Gasteiger partial charge in [0.1, 0.15) is 5.82 Å². The highest BCUT2D eigenvalue weighted by molar-refractivity contribution is 5.91. The maximum absolute atomic E-state index is 13.2. The van der Waals surface area contributed by atoms with Gasteiger partial charge in [-0.2, -0.15) is 0 Å². The highest BCUT2D eigenvalue weighted by Crippen LogP contribution is 2.50. The molecule has 4 rings (SSSR count). The van der Waals surface area contributed by atoms with Gasteiger partial charge in [0.25, 0.3) is 0 Å². The Morgan fingerprint density at radius 1 is 1.00 bits per heavy atom. The topological polar surface area (TPSA) is 49.4 Å². The summed E-state index contributed by atoms with van der Waals surface area (Å²) in [7, 11) is 0. The second-order valence-electron chi connectivity index (χ2n) is 7.86. The van der Waals surface area contributed by atoms with Crippen molar-refractivity contribution in [2.45, 2.75) is 37.6 Å². The van der Waals surface area contributed by atoms with E-state index in [0.29, 0.717) is 32.5 Å². The summed E-state index contributed by atoms with van der Waals surface area (Å²) in [5.74, 6) is -0.138. The van der Waals surface area contributed by atoms with Crippen molar-refractivity contribution in [3.8, 4) is 0 Å². The number of rotatable bonds is 5. The van der Waals surface area contributed by atoms with Crippen molar-refractivity contribution in [3.63, 3.8) is 0 Å². The Kier molecular flexibility index (Phi) is 5.16. The van der Waals surface area contributed by atoms with Crippen molar-refractivity contribution >= 4 is 11.8 Å². The largest absolute Gasteiger partial charge is 0.352 e. The van der Waals surface area contributed by atoms with Gasteiger partial charge in [-0.25, -0.2) is 4.39 Å². The molecule has 0 spiro atoms. The molecule has 2 aromatic carbocycles. The first-order chi connectivity index (χ1) is 13.6. The number of hydrogen-bond donors (Lipinski definition) is 1. The van der Waals surface area contributed by atoms with Gasteiger partial charge in [0.2, 0.25) is 11.8 Å². The Labute approximate surface area is 164 Å². The van der Waals surface area contributed by atoms with Gasteiger partial charge in [-0.15, -0.1) is 0 Å². The van der Waals surface area contributed by atoms with Crippen LogP contribution in [0.25, 0.3) is 0 Å². The van der Waals surface area contributed by atoms with E-state index in [-0.39, 0.29) is 23.5 Å². The lowest BCUT2D eigenvalue weighted by Crippen LogP contribution is -2.46. The first-order valence-corrected chi connectivity index (χ1v) is 9.95. The van der Waals surface area contributed by atoms with Gasteiger partial charge in [0.15, 0.2) is 0 Å². The summed E-state index contributed by atoms with van der Waals surface area (Å²) in [4.78, 5) is 27.4. The van der Waals surface area contributed by atoms with E-state index in [1.165, 1.54) is 12.1 Å². The zero-order valence-electron chi connectivity index (χ0n) is 15.9. The molecule has 0 aromatic heterocycles. The molecule has 28 heavy (non-hydrogen) atoms. The van der Waals surface area contributed by atoms with Crippen molar-refractivity contribution < 1.29 is 14.0 Å². The second-order valence-corrected chi connectivity index (χ2v) is 7.86. The quantitative estimate of drug-likeness (QED) is 0.864. The Bertz CT molecular complexity index is 839. The molecule has 1 N–H and O–H groups in total. The Morgan fingerprint density at radius 2 is 1.64 bits per heavy atom. The summed E-state index contributed by atoms with van der Waals surface area (Å²) in [6, 6.07) is 16.2. The van der Waals surface area contributed by atoms with Crippen LogP contribution in [0.2, 0.25) is 0 Å². The van der Waals surface area contributed by atoms with Crippen LogP contribution in [-0.2, 0) is 21.5 Å². The maximum atomic E-state index is 13.2. The first kappa shape index (κ1) is 18.7. The van der Waals surface area contributed by atoms with E-state index in [1.54, 1.807) is 12.1 Å². The third-order valence-electron chi connectivity index (χ3n) is 6.02. The highest BCUT2D eigenvalue weighted by Gasteiger charge is 2.53. The fourth-order valence-corrected chi connectivity index (χ4v) is 4.10. The van der Waals surface area contributed by atoms with E-state index in [9.17, 15) is 14.0 Å². The van der Waals surface area contributed by atoms with Crippen molar-refractivity contribution in [1.29, 1.82) is 0 Å². The molecule has 2 aromatic rings. The van der Waals surface area contributed by atoms with E-state index < -0.39 is 5.41 Å². The van der Waals surface area contributed by atoms with Crippen LogP contribution >= 0.6 is 0 Å². The van der Waals surface area contributed by atoms with Crippen LogP contribution in [-0.4, -0.2) is 29.8 Å². The van der Waals surface area contributed by atoms with Crippen LogP contribution in [0.15, 0.2) is 54.6 Å². The number of halogens is 1. The Morgan fingerprint density at radius 3 is 2.25 bits per heavy atom. The monoisotopic (exact) mass is 380 g/mol. The lowest BCUT2D eigenvalue weighted by atomic mass is 9.91. The number of benzene rings is 2. The van der Waals surface area contributed by atoms with Crippen molar-refractivity contribution in [1.82, 2.24) is 10.2 Å². The molecule has 1 saturated carbocycles. The summed E-state index contributed by atoms with van der Waals surface area (Å²) < 4.78 is 13.2. The zero-order chi connectivity index (χ0) is 19.6. The van der Waals surface area contributed by atoms with Gasteiger partial charge in [-0.1, -0.05) is 42.5 Å². The molecule has 2 aliphatic rings. The predicted molar refractivity (Wildman–Crippen MR) is 105 cm³/mol. The molecule has 5 heteroatoms. The average molecular weight is 380 g/mol. The molecule has 1 saturated heterocycles. The van der Waals surface area contributed by atoms with E-state index in [1.807, 2.05) is 35.2 Å². The summed E-state index contributed by atoms with van der Waals surface area (Å²) in [6.07, 6.45) is 3.00. The van der Waals surface area contributed by atoms with Crippen LogP contribution in [0.5, 0.6) is 0 Å². The van der Waals surface area contributed by atoms with Gasteiger partial charge < -0.3 is 10.2 Å². The Hall–Kier alpha value is -2.69. The lowest BCUT2D eigenvalue weighted by molar-refractivity contribution is -0.137. The molecule has 4 nitrogen and oxygen atoms in total. The third kappa shape index (κ3) is 3.79.